The van der Waals surface area contributed by atoms with Gasteiger partial charge in [-0.15, -0.1) is 0 Å². The van der Waals surface area contributed by atoms with Crippen LogP contribution in [-0.4, -0.2) is 35.9 Å². The van der Waals surface area contributed by atoms with Crippen LogP contribution in [0.1, 0.15) is 36.5 Å². The maximum absolute atomic E-state index is 12.0. The van der Waals surface area contributed by atoms with Gasteiger partial charge in [-0.25, -0.2) is 0 Å². The van der Waals surface area contributed by atoms with Crippen molar-refractivity contribution in [3.05, 3.63) is 33.9 Å². The fourth-order valence-electron chi connectivity index (χ4n) is 2.76. The summed E-state index contributed by atoms with van der Waals surface area (Å²) in [7, 11) is 3.33. The Morgan fingerprint density at radius 3 is 2.62 bits per heavy atom. The van der Waals surface area contributed by atoms with Crippen molar-refractivity contribution in [3.63, 3.8) is 0 Å². The molecule has 1 aromatic rings. The average molecular weight is 291 g/mol. The van der Waals surface area contributed by atoms with Gasteiger partial charge >= 0.3 is 0 Å². The van der Waals surface area contributed by atoms with Gasteiger partial charge in [0.05, 0.1) is 4.92 Å². The molecule has 6 heteroatoms. The zero-order chi connectivity index (χ0) is 15.6. The summed E-state index contributed by atoms with van der Waals surface area (Å²) in [6, 6.07) is 4.72. The van der Waals surface area contributed by atoms with Gasteiger partial charge in [-0.2, -0.15) is 0 Å². The van der Waals surface area contributed by atoms with Crippen LogP contribution in [-0.2, 0) is 0 Å². The minimum atomic E-state index is -0.411. The Hall–Kier alpha value is -2.11. The molecule has 21 heavy (non-hydrogen) atoms. The van der Waals surface area contributed by atoms with Crippen molar-refractivity contribution < 1.29 is 9.72 Å². The van der Waals surface area contributed by atoms with Gasteiger partial charge in [0.2, 0.25) is 0 Å². The molecule has 0 spiro atoms. The van der Waals surface area contributed by atoms with E-state index in [0.29, 0.717) is 17.2 Å². The molecule has 2 rings (SSSR count). The molecule has 1 aromatic carbocycles. The van der Waals surface area contributed by atoms with Gasteiger partial charge in [-0.05, 0) is 30.9 Å². The Bertz CT molecular complexity index is 557. The molecule has 1 fully saturated rings. The van der Waals surface area contributed by atoms with Crippen LogP contribution in [0.3, 0.4) is 0 Å². The number of hydrogen-bond donors (Lipinski definition) is 1. The minimum absolute atomic E-state index is 0.0180. The van der Waals surface area contributed by atoms with E-state index in [2.05, 4.69) is 12.2 Å². The van der Waals surface area contributed by atoms with Crippen molar-refractivity contribution in [2.24, 2.45) is 5.92 Å². The highest BCUT2D eigenvalue weighted by atomic mass is 16.6. The summed E-state index contributed by atoms with van der Waals surface area (Å²) in [5.41, 5.74) is 0.912. The van der Waals surface area contributed by atoms with Crippen molar-refractivity contribution >= 4 is 17.3 Å². The standard InChI is InChI=1S/C15H21N3O3/c1-10-5-4-6-12(10)16-13-9-11(15(19)17(2)3)7-8-14(13)18(20)21/h7-10,12,16H,4-6H2,1-3H3. The Labute approximate surface area is 124 Å². The molecule has 6 nitrogen and oxygen atoms in total. The first-order chi connectivity index (χ1) is 9.90. The summed E-state index contributed by atoms with van der Waals surface area (Å²) in [5, 5.41) is 14.4. The highest BCUT2D eigenvalue weighted by Gasteiger charge is 2.26. The molecule has 1 N–H and O–H groups in total. The Morgan fingerprint density at radius 1 is 1.38 bits per heavy atom. The van der Waals surface area contributed by atoms with Crippen LogP contribution in [0, 0.1) is 16.0 Å². The fourth-order valence-corrected chi connectivity index (χ4v) is 2.76. The zero-order valence-electron chi connectivity index (χ0n) is 12.6. The first-order valence-corrected chi connectivity index (χ1v) is 7.16. The third kappa shape index (κ3) is 3.32. The maximum Gasteiger partial charge on any atom is 0.292 e. The molecule has 1 amide bonds. The predicted molar refractivity (Wildman–Crippen MR) is 81.5 cm³/mol. The number of amides is 1. The molecule has 1 saturated carbocycles. The van der Waals surface area contributed by atoms with E-state index in [-0.39, 0.29) is 17.6 Å². The predicted octanol–water partition coefficient (Wildman–Crippen LogP) is 2.90. The van der Waals surface area contributed by atoms with Crippen molar-refractivity contribution in [1.82, 2.24) is 4.90 Å². The number of nitrogens with one attached hydrogen (secondary N) is 1. The molecule has 0 radical (unpaired) electrons. The van der Waals surface area contributed by atoms with E-state index in [1.807, 2.05) is 0 Å². The quantitative estimate of drug-likeness (QED) is 0.683. The summed E-state index contributed by atoms with van der Waals surface area (Å²) in [6.07, 6.45) is 3.26. The van der Waals surface area contributed by atoms with Crippen molar-refractivity contribution in [3.8, 4) is 0 Å². The second kappa shape index (κ2) is 6.11. The number of carbonyl (C=O) groups is 1. The first-order valence-electron chi connectivity index (χ1n) is 7.16. The van der Waals surface area contributed by atoms with Crippen molar-refractivity contribution in [2.45, 2.75) is 32.2 Å². The van der Waals surface area contributed by atoms with Gasteiger partial charge in [0.1, 0.15) is 5.69 Å². The average Bonchev–Trinajstić information content (AvgIpc) is 2.83. The zero-order valence-corrected chi connectivity index (χ0v) is 12.6. The lowest BCUT2D eigenvalue weighted by Crippen LogP contribution is -2.24. The molecular formula is C15H21N3O3. The molecule has 0 aliphatic heterocycles. The van der Waals surface area contributed by atoms with Crippen LogP contribution >= 0.6 is 0 Å². The molecule has 0 saturated heterocycles. The molecule has 0 heterocycles. The lowest BCUT2D eigenvalue weighted by molar-refractivity contribution is -0.384. The van der Waals surface area contributed by atoms with Crippen LogP contribution < -0.4 is 5.32 Å². The molecular weight excluding hydrogens is 270 g/mol. The van der Waals surface area contributed by atoms with Gasteiger partial charge in [-0.3, -0.25) is 14.9 Å². The van der Waals surface area contributed by atoms with Crippen molar-refractivity contribution in [2.75, 3.05) is 19.4 Å². The fraction of sp³-hybridized carbons (Fsp3) is 0.533. The number of hydrogen-bond acceptors (Lipinski definition) is 4. The number of anilines is 1. The SMILES string of the molecule is CC1CCCC1Nc1cc(C(=O)N(C)C)ccc1[N+](=O)[O-]. The van der Waals surface area contributed by atoms with E-state index in [1.54, 1.807) is 20.2 Å². The monoisotopic (exact) mass is 291 g/mol. The van der Waals surface area contributed by atoms with E-state index >= 15 is 0 Å². The summed E-state index contributed by atoms with van der Waals surface area (Å²) in [4.78, 5) is 24.2. The van der Waals surface area contributed by atoms with Gasteiger partial charge in [0.25, 0.3) is 11.6 Å². The number of nitrogens with zero attached hydrogens (tertiary/aromatic N) is 2. The number of carbonyl (C=O) groups excluding carboxylic acids is 1. The van der Waals surface area contributed by atoms with Crippen LogP contribution in [0.15, 0.2) is 18.2 Å². The summed E-state index contributed by atoms with van der Waals surface area (Å²) < 4.78 is 0. The van der Waals surface area contributed by atoms with Crippen LogP contribution in [0.5, 0.6) is 0 Å². The van der Waals surface area contributed by atoms with E-state index in [9.17, 15) is 14.9 Å². The van der Waals surface area contributed by atoms with Crippen LogP contribution in [0.2, 0.25) is 0 Å². The van der Waals surface area contributed by atoms with Crippen LogP contribution in [0.4, 0.5) is 11.4 Å². The largest absolute Gasteiger partial charge is 0.376 e. The third-order valence-electron chi connectivity index (χ3n) is 4.05. The number of rotatable bonds is 4. The smallest absolute Gasteiger partial charge is 0.292 e. The molecule has 2 unspecified atom stereocenters. The molecule has 2 atom stereocenters. The summed E-state index contributed by atoms with van der Waals surface area (Å²) in [5.74, 6) is 0.324. The van der Waals surface area contributed by atoms with Crippen molar-refractivity contribution in [1.29, 1.82) is 0 Å². The maximum atomic E-state index is 12.0. The van der Waals surface area contributed by atoms with Crippen LogP contribution in [0.25, 0.3) is 0 Å². The van der Waals surface area contributed by atoms with Gasteiger partial charge < -0.3 is 10.2 Å². The van der Waals surface area contributed by atoms with E-state index < -0.39 is 4.92 Å². The Morgan fingerprint density at radius 2 is 2.10 bits per heavy atom. The van der Waals surface area contributed by atoms with E-state index in [0.717, 1.165) is 19.3 Å². The Kier molecular flexibility index (Phi) is 4.45. The molecule has 1 aliphatic rings. The highest BCUT2D eigenvalue weighted by Crippen LogP contribution is 2.32. The van der Waals surface area contributed by atoms with E-state index in [1.165, 1.54) is 17.0 Å². The topological polar surface area (TPSA) is 75.5 Å². The van der Waals surface area contributed by atoms with E-state index in [4.69, 9.17) is 0 Å². The first kappa shape index (κ1) is 15.3. The second-order valence-electron chi connectivity index (χ2n) is 5.85. The summed E-state index contributed by atoms with van der Waals surface area (Å²) in [6.45, 7) is 2.14. The lowest BCUT2D eigenvalue weighted by Gasteiger charge is -2.19. The Balaban J connectivity index is 2.33. The molecule has 1 aliphatic carbocycles. The highest BCUT2D eigenvalue weighted by molar-refractivity contribution is 5.95. The number of nitro benzene ring substituents is 1. The summed E-state index contributed by atoms with van der Waals surface area (Å²) >= 11 is 0. The molecule has 0 bridgehead atoms. The van der Waals surface area contributed by atoms with Gasteiger partial charge in [0.15, 0.2) is 0 Å². The van der Waals surface area contributed by atoms with Gasteiger partial charge in [0, 0.05) is 31.8 Å². The lowest BCUT2D eigenvalue weighted by atomic mass is 10.1. The van der Waals surface area contributed by atoms with Gasteiger partial charge in [-0.1, -0.05) is 13.3 Å². The second-order valence-corrected chi connectivity index (χ2v) is 5.85. The number of benzene rings is 1. The minimum Gasteiger partial charge on any atom is -0.376 e. The molecule has 0 aromatic heterocycles. The normalized spacial score (nSPS) is 21.1. The third-order valence-corrected chi connectivity index (χ3v) is 4.05. The molecule has 114 valence electrons. The number of nitro groups is 1.